The molecule has 28 aliphatic rings. The predicted molar refractivity (Wildman–Crippen MR) is 515 cm³/mol. The Kier molecular flexibility index (Phi) is 29.3. The first kappa shape index (κ1) is 99.0. The Labute approximate surface area is 786 Å². The first-order valence-corrected chi connectivity index (χ1v) is 53.5. The van der Waals surface area contributed by atoms with Crippen LogP contribution in [0, 0.1) is 164 Å². The third-order valence-corrected chi connectivity index (χ3v) is 41.1. The molecule has 14 heteroatoms. The van der Waals surface area contributed by atoms with E-state index in [2.05, 4.69) is 115 Å². The van der Waals surface area contributed by atoms with Crippen LogP contribution < -0.4 is 0 Å². The van der Waals surface area contributed by atoms with Crippen molar-refractivity contribution in [1.29, 1.82) is 0 Å². The molecule has 0 aromatic heterocycles. The molecular weight excluding hydrogens is 1620 g/mol. The molecule has 14 nitrogen and oxygen atoms in total. The van der Waals surface area contributed by atoms with Gasteiger partial charge in [0.1, 0.15) is 39.2 Å². The predicted octanol–water partition coefficient (Wildman–Crippen LogP) is 27.5. The maximum absolute atomic E-state index is 12.3. The summed E-state index contributed by atoms with van der Waals surface area (Å²) in [5, 5.41) is 0. The molecule has 1 atom stereocenters. The SMILES string of the molecule is C=C(C)C(=O)OC(C)(C)C12CC3CC(CC(C3)C1)C2.C=C(C)C(=O)OC(C)(CCCC)C12CC3CC(CC(C3)C1)C2.C=C(C)C(=O)OC1(C)C2CC3CC(C2)CC1C3.C=C(C)C(=O)OC1(CC)C2CC3CC(C2)CC1C3.C=C(C)C(=O)OC1(CCCC)C2CC3CC(C2)CC1C3.C=CC(=O)OC(C)(C)C12CC3CC(CC(C3)C1)C2.C=CC(=O)OC1(C)C2CC3CC(C2)CC1C3. The van der Waals surface area contributed by atoms with Gasteiger partial charge >= 0.3 is 41.8 Å². The van der Waals surface area contributed by atoms with Crippen molar-refractivity contribution in [2.45, 2.75) is 432 Å². The summed E-state index contributed by atoms with van der Waals surface area (Å²) in [5.74, 6) is 18.7. The Morgan fingerprint density at radius 2 is 0.538 bits per heavy atom. The molecule has 0 aromatic rings. The van der Waals surface area contributed by atoms with Crippen LogP contribution in [0.5, 0.6) is 0 Å². The van der Waals surface area contributed by atoms with Crippen LogP contribution in [0.25, 0.3) is 0 Å². The summed E-state index contributed by atoms with van der Waals surface area (Å²) in [5.41, 5.74) is 1.67. The number of hydrogen-bond donors (Lipinski definition) is 0. The molecule has 0 N–H and O–H groups in total. The largest absolute Gasteiger partial charge is 0.456 e. The molecule has 0 amide bonds. The van der Waals surface area contributed by atoms with Crippen molar-refractivity contribution in [3.8, 4) is 0 Å². The van der Waals surface area contributed by atoms with Crippen molar-refractivity contribution in [3.63, 3.8) is 0 Å². The van der Waals surface area contributed by atoms with Gasteiger partial charge < -0.3 is 33.2 Å². The third kappa shape index (κ3) is 19.8. The van der Waals surface area contributed by atoms with Crippen molar-refractivity contribution in [2.75, 3.05) is 0 Å². The normalized spacial score (nSPS) is 43.0. The molecule has 0 saturated heterocycles. The Morgan fingerprint density at radius 1 is 0.292 bits per heavy atom. The van der Waals surface area contributed by atoms with E-state index in [1.165, 1.54) is 269 Å². The minimum Gasteiger partial charge on any atom is -0.456 e. The van der Waals surface area contributed by atoms with Crippen molar-refractivity contribution in [2.24, 2.45) is 164 Å². The average molecular weight is 1790 g/mol. The van der Waals surface area contributed by atoms with Crippen LogP contribution in [-0.2, 0) is 66.7 Å². The zero-order valence-corrected chi connectivity index (χ0v) is 84.1. The summed E-state index contributed by atoms with van der Waals surface area (Å²) in [7, 11) is 0. The van der Waals surface area contributed by atoms with E-state index in [1.54, 1.807) is 34.6 Å². The van der Waals surface area contributed by atoms with E-state index >= 15 is 0 Å². The second-order valence-corrected chi connectivity index (χ2v) is 51.0. The van der Waals surface area contributed by atoms with Crippen molar-refractivity contribution >= 4 is 41.8 Å². The molecule has 28 rings (SSSR count). The second kappa shape index (κ2) is 38.4. The Hall–Kier alpha value is -5.53. The number of esters is 7. The Bertz CT molecular complexity index is 4020. The van der Waals surface area contributed by atoms with Gasteiger partial charge in [-0.25, -0.2) is 33.6 Å². The summed E-state index contributed by atoms with van der Waals surface area (Å²) in [6, 6.07) is 0. The molecule has 28 aliphatic carbocycles. The first-order valence-electron chi connectivity index (χ1n) is 53.5. The van der Waals surface area contributed by atoms with Gasteiger partial charge in [-0.3, -0.25) is 0 Å². The smallest absolute Gasteiger partial charge is 0.333 e. The highest BCUT2D eigenvalue weighted by Crippen LogP contribution is 2.70. The number of ether oxygens (including phenoxy) is 7. The molecule has 0 heterocycles. The second-order valence-electron chi connectivity index (χ2n) is 51.0. The Balaban J connectivity index is 0.000000117. The number of carbonyl (C=O) groups excluding carboxylic acids is 7. The fourth-order valence-corrected chi connectivity index (χ4v) is 36.0. The van der Waals surface area contributed by atoms with Crippen LogP contribution in [0.15, 0.2) is 86.1 Å². The number of rotatable bonds is 24. The van der Waals surface area contributed by atoms with Gasteiger partial charge in [0.05, 0.1) is 0 Å². The lowest BCUT2D eigenvalue weighted by molar-refractivity contribution is -0.209. The zero-order valence-electron chi connectivity index (χ0n) is 84.1. The third-order valence-electron chi connectivity index (χ3n) is 41.1. The summed E-state index contributed by atoms with van der Waals surface area (Å²) in [6.45, 7) is 56.1. The van der Waals surface area contributed by atoms with E-state index in [-0.39, 0.29) is 97.2 Å². The van der Waals surface area contributed by atoms with Gasteiger partial charge in [0.15, 0.2) is 0 Å². The average Bonchev–Trinajstić information content (AvgIpc) is 0.712. The lowest BCUT2D eigenvalue weighted by atomic mass is 9.45. The van der Waals surface area contributed by atoms with Crippen molar-refractivity contribution in [1.82, 2.24) is 0 Å². The van der Waals surface area contributed by atoms with E-state index in [4.69, 9.17) is 33.2 Å². The lowest BCUT2D eigenvalue weighted by Gasteiger charge is -2.62. The van der Waals surface area contributed by atoms with Crippen LogP contribution in [0.4, 0.5) is 0 Å². The topological polar surface area (TPSA) is 184 Å². The summed E-state index contributed by atoms with van der Waals surface area (Å²) >= 11 is 0. The quantitative estimate of drug-likeness (QED) is 0.0505. The van der Waals surface area contributed by atoms with E-state index in [0.29, 0.717) is 75.2 Å². The highest BCUT2D eigenvalue weighted by Gasteiger charge is 2.66. The number of unbranched alkanes of at least 4 members (excludes halogenated alkanes) is 2. The van der Waals surface area contributed by atoms with E-state index in [9.17, 15) is 33.6 Å². The van der Waals surface area contributed by atoms with Gasteiger partial charge in [-0.15, -0.1) is 0 Å². The van der Waals surface area contributed by atoms with Gasteiger partial charge in [0, 0.05) is 56.3 Å². The minimum absolute atomic E-state index is 0.153. The standard InChI is InChI=1S/C20H32O2.C18H28O2.C17H26O2.2C16H24O2.C15H22O2.C14H20O2/c1-5-6-7-19(4,22-18(21)14(2)3)20-11-15-8-16(12-20)10-17(9-15)13-20;1-4-5-6-18(20-17(19)12(2)3)15-8-13-7-14(10-15)11-16(18)9-13;1-11(2)15(18)19-16(3,4)17-8-12-5-13(9-17)7-14(6-12)10-17;1-4-14(17)18-15(2,3)16-8-11-5-12(9-16)7-13(6-11)10-16;1-4-16(18-15(17)10(2)3)13-6-11-5-12(8-13)9-14(16)7-11;1-9(2)14(16)17-15(3)12-5-10-4-11(7-12)8-13(15)6-10;1-3-13(15)16-14(2)11-5-9-4-10(7-11)8-12(14)6-9/h15-17H,2,5-13H2,1,3-4H3;13-16H,2,4-11H2,1,3H3;12-14H,1,5-10H2,2-4H3;4,11-13H,1,5-10H2,2-3H3;11-14H,2,4-9H2,1,3H3;10-13H,1,4-8H2,2-3H3;3,9-12H,1,4-8H2,2H3. The van der Waals surface area contributed by atoms with Gasteiger partial charge in [-0.05, 0) is 507 Å². The highest BCUT2D eigenvalue weighted by atomic mass is 16.6. The van der Waals surface area contributed by atoms with Crippen LogP contribution in [0.2, 0.25) is 0 Å². The first-order chi connectivity index (χ1) is 61.3. The fraction of sp³-hybridized carbons (Fsp3) is 0.819. The molecule has 130 heavy (non-hydrogen) atoms. The van der Waals surface area contributed by atoms with Crippen molar-refractivity contribution in [3.05, 3.63) is 86.1 Å². The van der Waals surface area contributed by atoms with Gasteiger partial charge in [-0.2, -0.15) is 0 Å². The van der Waals surface area contributed by atoms with E-state index < -0.39 is 0 Å². The molecule has 28 fully saturated rings. The molecule has 0 spiro atoms. The fourth-order valence-electron chi connectivity index (χ4n) is 36.0. The number of hydrogen-bond acceptors (Lipinski definition) is 14. The molecule has 28 saturated carbocycles. The monoisotopic (exact) mass is 1790 g/mol. The molecule has 0 aliphatic heterocycles. The van der Waals surface area contributed by atoms with Crippen LogP contribution in [0.1, 0.15) is 393 Å². The molecule has 28 bridgehead atoms. The van der Waals surface area contributed by atoms with Crippen molar-refractivity contribution < 1.29 is 66.7 Å². The summed E-state index contributed by atoms with van der Waals surface area (Å²) < 4.78 is 41.4. The van der Waals surface area contributed by atoms with Crippen LogP contribution in [0.3, 0.4) is 0 Å². The zero-order chi connectivity index (χ0) is 93.5. The molecule has 1 unspecified atom stereocenters. The van der Waals surface area contributed by atoms with E-state index in [0.717, 1.165) is 133 Å². The van der Waals surface area contributed by atoms with Gasteiger partial charge in [0.2, 0.25) is 0 Å². The minimum atomic E-state index is -0.348. The van der Waals surface area contributed by atoms with Gasteiger partial charge in [-0.1, -0.05) is 79.7 Å². The molecule has 0 radical (unpaired) electrons. The highest BCUT2D eigenvalue weighted by molar-refractivity contribution is 5.89. The van der Waals surface area contributed by atoms with Crippen LogP contribution >= 0.6 is 0 Å². The maximum atomic E-state index is 12.3. The molecule has 724 valence electrons. The summed E-state index contributed by atoms with van der Waals surface area (Å²) in [4.78, 5) is 83.2. The van der Waals surface area contributed by atoms with Crippen LogP contribution in [-0.4, -0.2) is 81.0 Å². The molecule has 0 aromatic carbocycles. The van der Waals surface area contributed by atoms with E-state index in [1.807, 2.05) is 0 Å². The maximum Gasteiger partial charge on any atom is 0.333 e. The molecular formula is C116H176O14. The number of carbonyl (C=O) groups is 7. The summed E-state index contributed by atoms with van der Waals surface area (Å²) in [6.07, 6.45) is 60.7. The van der Waals surface area contributed by atoms with Gasteiger partial charge in [0.25, 0.3) is 0 Å². The lowest BCUT2D eigenvalue weighted by Crippen LogP contribution is -2.59. The Morgan fingerprint density at radius 3 is 0.823 bits per heavy atom.